The first-order valence-electron chi connectivity index (χ1n) is 10.4. The van der Waals surface area contributed by atoms with Crippen LogP contribution in [-0.4, -0.2) is 52.0 Å². The van der Waals surface area contributed by atoms with Gasteiger partial charge in [0, 0.05) is 49.7 Å². The Kier molecular flexibility index (Phi) is 6.10. The largest absolute Gasteiger partial charge is 0.343 e. The van der Waals surface area contributed by atoms with Crippen molar-refractivity contribution in [3.8, 4) is 0 Å². The summed E-state index contributed by atoms with van der Waals surface area (Å²) in [5.74, 6) is 0.872. The van der Waals surface area contributed by atoms with Crippen molar-refractivity contribution >= 4 is 22.7 Å². The van der Waals surface area contributed by atoms with E-state index in [9.17, 15) is 4.79 Å². The molecule has 2 fully saturated rings. The minimum atomic E-state index is 0.0982. The van der Waals surface area contributed by atoms with Gasteiger partial charge in [0.1, 0.15) is 5.82 Å². The predicted octanol–water partition coefficient (Wildman–Crippen LogP) is 3.68. The van der Waals surface area contributed by atoms with Gasteiger partial charge in [0.15, 0.2) is 0 Å². The highest BCUT2D eigenvalue weighted by Crippen LogP contribution is 2.23. The van der Waals surface area contributed by atoms with Gasteiger partial charge in [0.2, 0.25) is 5.13 Å². The number of rotatable bonds is 4. The summed E-state index contributed by atoms with van der Waals surface area (Å²) in [6, 6.07) is 10.9. The lowest BCUT2D eigenvalue weighted by Gasteiger charge is -2.40. The van der Waals surface area contributed by atoms with Crippen LogP contribution in [0.1, 0.15) is 50.4 Å². The number of aromatic nitrogens is 2. The van der Waals surface area contributed by atoms with Crippen LogP contribution >= 0.6 is 11.5 Å². The molecule has 4 rings (SSSR count). The van der Waals surface area contributed by atoms with Gasteiger partial charge in [0.25, 0.3) is 0 Å². The fourth-order valence-electron chi connectivity index (χ4n) is 4.16. The van der Waals surface area contributed by atoms with E-state index < -0.39 is 0 Å². The van der Waals surface area contributed by atoms with Gasteiger partial charge in [0.05, 0.1) is 0 Å². The lowest BCUT2D eigenvalue weighted by atomic mass is 9.96. The van der Waals surface area contributed by atoms with Gasteiger partial charge in [-0.15, -0.1) is 0 Å². The smallest absolute Gasteiger partial charge is 0.317 e. The minimum Gasteiger partial charge on any atom is -0.343 e. The van der Waals surface area contributed by atoms with Crippen molar-refractivity contribution in [3.05, 3.63) is 41.7 Å². The van der Waals surface area contributed by atoms with Crippen molar-refractivity contribution in [2.75, 3.05) is 24.5 Å². The third-order valence-corrected chi connectivity index (χ3v) is 6.57. The van der Waals surface area contributed by atoms with Crippen molar-refractivity contribution in [2.24, 2.45) is 0 Å². The van der Waals surface area contributed by atoms with Crippen molar-refractivity contribution < 1.29 is 4.79 Å². The van der Waals surface area contributed by atoms with E-state index in [4.69, 9.17) is 4.98 Å². The number of anilines is 1. The number of carbonyl (C=O) groups excluding carboxylic acids is 1. The Labute approximate surface area is 171 Å². The summed E-state index contributed by atoms with van der Waals surface area (Å²) in [7, 11) is 0. The molecule has 1 aliphatic carbocycles. The molecule has 2 aliphatic rings. The van der Waals surface area contributed by atoms with E-state index in [-0.39, 0.29) is 12.1 Å². The SMILES string of the molecule is CC1CN(c2nc(Cc3ccccc3)ns2)CCN1C(=O)NC1CCCCC1. The standard InChI is InChI=1S/C21H29N5OS/c1-16-15-25(12-13-26(16)20(27)22-18-10-6-3-7-11-18)21-23-19(24-28-21)14-17-8-4-2-5-9-17/h2,4-5,8-9,16,18H,3,6-7,10-15H2,1H3,(H,22,27). The van der Waals surface area contributed by atoms with Crippen LogP contribution in [0.25, 0.3) is 0 Å². The molecule has 2 amide bonds. The van der Waals surface area contributed by atoms with Crippen molar-refractivity contribution in [3.63, 3.8) is 0 Å². The van der Waals surface area contributed by atoms with Gasteiger partial charge in [-0.25, -0.2) is 9.78 Å². The normalized spacial score (nSPS) is 21.0. The van der Waals surface area contributed by atoms with Gasteiger partial charge in [-0.05, 0) is 25.3 Å². The number of amides is 2. The third-order valence-electron chi connectivity index (χ3n) is 5.75. The number of nitrogens with one attached hydrogen (secondary N) is 1. The highest BCUT2D eigenvalue weighted by atomic mass is 32.1. The maximum absolute atomic E-state index is 12.7. The second kappa shape index (κ2) is 8.90. The molecule has 2 aromatic rings. The van der Waals surface area contributed by atoms with Crippen LogP contribution in [0.3, 0.4) is 0 Å². The summed E-state index contributed by atoms with van der Waals surface area (Å²) in [4.78, 5) is 21.7. The van der Waals surface area contributed by atoms with E-state index in [0.717, 1.165) is 49.9 Å². The number of carbonyl (C=O) groups is 1. The molecule has 1 aromatic heterocycles. The Morgan fingerprint density at radius 1 is 1.18 bits per heavy atom. The molecule has 28 heavy (non-hydrogen) atoms. The molecule has 1 saturated carbocycles. The zero-order chi connectivity index (χ0) is 19.3. The number of piperazine rings is 1. The summed E-state index contributed by atoms with van der Waals surface area (Å²) in [6.45, 7) is 4.46. The van der Waals surface area contributed by atoms with E-state index in [2.05, 4.69) is 33.6 Å². The fraction of sp³-hybridized carbons (Fsp3) is 0.571. The lowest BCUT2D eigenvalue weighted by molar-refractivity contribution is 0.165. The van der Waals surface area contributed by atoms with Crippen molar-refractivity contribution in [1.29, 1.82) is 0 Å². The average molecular weight is 400 g/mol. The molecule has 1 aromatic carbocycles. The molecule has 150 valence electrons. The zero-order valence-corrected chi connectivity index (χ0v) is 17.3. The summed E-state index contributed by atoms with van der Waals surface area (Å²) < 4.78 is 4.54. The number of urea groups is 1. The monoisotopic (exact) mass is 399 g/mol. The first kappa shape index (κ1) is 19.2. The molecule has 0 spiro atoms. The molecule has 2 heterocycles. The molecule has 1 saturated heterocycles. The van der Waals surface area contributed by atoms with Crippen LogP contribution in [-0.2, 0) is 6.42 Å². The molecule has 1 unspecified atom stereocenters. The number of hydrogen-bond acceptors (Lipinski definition) is 5. The molecule has 0 radical (unpaired) electrons. The van der Waals surface area contributed by atoms with E-state index in [1.54, 1.807) is 0 Å². The number of nitrogens with zero attached hydrogens (tertiary/aromatic N) is 4. The highest BCUT2D eigenvalue weighted by Gasteiger charge is 2.30. The maximum Gasteiger partial charge on any atom is 0.317 e. The molecule has 1 N–H and O–H groups in total. The van der Waals surface area contributed by atoms with E-state index >= 15 is 0 Å². The van der Waals surface area contributed by atoms with Crippen LogP contribution in [0, 0.1) is 0 Å². The van der Waals surface area contributed by atoms with Crippen molar-refractivity contribution in [2.45, 2.75) is 57.5 Å². The molecular formula is C21H29N5OS. The summed E-state index contributed by atoms with van der Waals surface area (Å²) in [5, 5.41) is 4.21. The molecule has 6 nitrogen and oxygen atoms in total. The lowest BCUT2D eigenvalue weighted by Crippen LogP contribution is -2.58. The molecule has 0 bridgehead atoms. The average Bonchev–Trinajstić information content (AvgIpc) is 3.18. The Morgan fingerprint density at radius 3 is 2.71 bits per heavy atom. The first-order valence-corrected chi connectivity index (χ1v) is 11.1. The molecular weight excluding hydrogens is 370 g/mol. The quantitative estimate of drug-likeness (QED) is 0.852. The topological polar surface area (TPSA) is 61.4 Å². The molecule has 7 heteroatoms. The summed E-state index contributed by atoms with van der Waals surface area (Å²) in [6.07, 6.45) is 6.77. The van der Waals surface area contributed by atoms with Crippen LogP contribution in [0.15, 0.2) is 30.3 Å². The molecule has 1 atom stereocenters. The fourth-order valence-corrected chi connectivity index (χ4v) is 4.88. The minimum absolute atomic E-state index is 0.0982. The van der Waals surface area contributed by atoms with Crippen LogP contribution < -0.4 is 10.2 Å². The third kappa shape index (κ3) is 4.63. The van der Waals surface area contributed by atoms with Gasteiger partial charge in [-0.3, -0.25) is 0 Å². The van der Waals surface area contributed by atoms with Gasteiger partial charge < -0.3 is 15.1 Å². The van der Waals surface area contributed by atoms with E-state index in [1.807, 2.05) is 23.1 Å². The van der Waals surface area contributed by atoms with E-state index in [0.29, 0.717) is 6.04 Å². The first-order chi connectivity index (χ1) is 13.7. The highest BCUT2D eigenvalue weighted by molar-refractivity contribution is 7.09. The van der Waals surface area contributed by atoms with E-state index in [1.165, 1.54) is 36.4 Å². The number of benzene rings is 1. The second-order valence-electron chi connectivity index (χ2n) is 7.93. The van der Waals surface area contributed by atoms with Gasteiger partial charge in [-0.1, -0.05) is 49.6 Å². The van der Waals surface area contributed by atoms with Gasteiger partial charge >= 0.3 is 6.03 Å². The summed E-state index contributed by atoms with van der Waals surface area (Å²) >= 11 is 1.46. The predicted molar refractivity (Wildman–Crippen MR) is 113 cm³/mol. The van der Waals surface area contributed by atoms with Crippen LogP contribution in [0.5, 0.6) is 0 Å². The Bertz CT molecular complexity index is 774. The van der Waals surface area contributed by atoms with Crippen LogP contribution in [0.4, 0.5) is 9.93 Å². The Balaban J connectivity index is 1.32. The number of hydrogen-bond donors (Lipinski definition) is 1. The maximum atomic E-state index is 12.7. The van der Waals surface area contributed by atoms with Gasteiger partial charge in [-0.2, -0.15) is 4.37 Å². The van der Waals surface area contributed by atoms with Crippen LogP contribution in [0.2, 0.25) is 0 Å². The zero-order valence-electron chi connectivity index (χ0n) is 16.5. The Hall–Kier alpha value is -2.15. The molecule has 1 aliphatic heterocycles. The van der Waals surface area contributed by atoms with Crippen molar-refractivity contribution in [1.82, 2.24) is 19.6 Å². The summed E-state index contributed by atoms with van der Waals surface area (Å²) in [5.41, 5.74) is 1.23. The second-order valence-corrected chi connectivity index (χ2v) is 8.66. The Morgan fingerprint density at radius 2 is 1.96 bits per heavy atom.